The van der Waals surface area contributed by atoms with Crippen LogP contribution in [0.5, 0.6) is 0 Å². The van der Waals surface area contributed by atoms with Crippen molar-refractivity contribution in [2.45, 2.75) is 11.8 Å². The lowest BCUT2D eigenvalue weighted by Gasteiger charge is -2.16. The third kappa shape index (κ3) is 3.54. The zero-order valence-corrected chi connectivity index (χ0v) is 16.1. The van der Waals surface area contributed by atoms with E-state index in [1.165, 1.54) is 0 Å². The Kier molecular flexibility index (Phi) is 4.71. The van der Waals surface area contributed by atoms with Crippen LogP contribution in [0, 0.1) is 6.92 Å². The Labute approximate surface area is 164 Å². The van der Waals surface area contributed by atoms with Gasteiger partial charge in [0.15, 0.2) is 0 Å². The van der Waals surface area contributed by atoms with Crippen LogP contribution in [-0.4, -0.2) is 18.0 Å². The van der Waals surface area contributed by atoms with Crippen LogP contribution in [0.1, 0.15) is 5.56 Å². The largest absolute Gasteiger partial charge is 0.306 e. The minimum absolute atomic E-state index is 0.232. The lowest BCUT2D eigenvalue weighted by atomic mass is 10.0. The highest BCUT2D eigenvalue weighted by Gasteiger charge is 2.17. The molecule has 1 heterocycles. The molecule has 1 aromatic heterocycles. The van der Waals surface area contributed by atoms with Gasteiger partial charge in [-0.2, -0.15) is 0 Å². The molecule has 4 aromatic rings. The van der Waals surface area contributed by atoms with E-state index in [1.54, 1.807) is 42.9 Å². The molecule has 0 aliphatic carbocycles. The number of nitrogens with zero attached hydrogens (tertiary/aromatic N) is 2. The fraction of sp³-hybridized carbons (Fsp3) is 0.0455. The second-order valence-electron chi connectivity index (χ2n) is 6.45. The van der Waals surface area contributed by atoms with Crippen molar-refractivity contribution >= 4 is 15.7 Å². The normalized spacial score (nSPS) is 11.3. The molecule has 0 amide bonds. The molecule has 28 heavy (non-hydrogen) atoms. The summed E-state index contributed by atoms with van der Waals surface area (Å²) >= 11 is 0. The van der Waals surface area contributed by atoms with E-state index in [2.05, 4.69) is 9.71 Å². The summed E-state index contributed by atoms with van der Waals surface area (Å²) in [6, 6.07) is 22.0. The SMILES string of the molecule is Cc1ccc(S(=O)(=O)Nc2ccccc2-c2ccccc2-n2ccnc2)cc1. The minimum Gasteiger partial charge on any atom is -0.306 e. The average Bonchev–Trinajstić information content (AvgIpc) is 3.23. The van der Waals surface area contributed by atoms with Crippen molar-refractivity contribution in [3.05, 3.63) is 97.1 Å². The Morgan fingerprint density at radius 3 is 2.25 bits per heavy atom. The fourth-order valence-corrected chi connectivity index (χ4v) is 4.14. The van der Waals surface area contributed by atoms with E-state index in [0.717, 1.165) is 22.4 Å². The summed E-state index contributed by atoms with van der Waals surface area (Å²) in [6.45, 7) is 1.92. The van der Waals surface area contributed by atoms with Crippen molar-refractivity contribution in [1.29, 1.82) is 0 Å². The molecule has 1 N–H and O–H groups in total. The first kappa shape index (κ1) is 18.0. The first-order chi connectivity index (χ1) is 13.5. The van der Waals surface area contributed by atoms with Gasteiger partial charge in [-0.05, 0) is 31.2 Å². The second-order valence-corrected chi connectivity index (χ2v) is 8.13. The quantitative estimate of drug-likeness (QED) is 0.540. The summed E-state index contributed by atoms with van der Waals surface area (Å²) in [5.41, 5.74) is 4.15. The van der Waals surface area contributed by atoms with E-state index in [9.17, 15) is 8.42 Å². The Morgan fingerprint density at radius 2 is 1.54 bits per heavy atom. The molecule has 4 rings (SSSR count). The molecule has 0 unspecified atom stereocenters. The van der Waals surface area contributed by atoms with Gasteiger partial charge in [0, 0.05) is 23.5 Å². The maximum absolute atomic E-state index is 12.9. The Balaban J connectivity index is 1.78. The van der Waals surface area contributed by atoms with Crippen LogP contribution in [0.3, 0.4) is 0 Å². The zero-order valence-electron chi connectivity index (χ0n) is 15.3. The van der Waals surface area contributed by atoms with Gasteiger partial charge in [0.05, 0.1) is 22.6 Å². The molecule has 0 aliphatic rings. The molecular formula is C22H19N3O2S. The van der Waals surface area contributed by atoms with Gasteiger partial charge in [0.25, 0.3) is 10.0 Å². The fourth-order valence-electron chi connectivity index (χ4n) is 3.06. The second kappa shape index (κ2) is 7.32. The number of hydrogen-bond donors (Lipinski definition) is 1. The predicted molar refractivity (Wildman–Crippen MR) is 111 cm³/mol. The van der Waals surface area contributed by atoms with Gasteiger partial charge in [-0.25, -0.2) is 13.4 Å². The molecule has 0 radical (unpaired) electrons. The molecule has 0 fully saturated rings. The van der Waals surface area contributed by atoms with Crippen molar-refractivity contribution in [3.63, 3.8) is 0 Å². The number of rotatable bonds is 5. The van der Waals surface area contributed by atoms with E-state index in [0.29, 0.717) is 5.69 Å². The maximum Gasteiger partial charge on any atom is 0.261 e. The van der Waals surface area contributed by atoms with Crippen LogP contribution in [0.2, 0.25) is 0 Å². The number of nitrogens with one attached hydrogen (secondary N) is 1. The average molecular weight is 389 g/mol. The molecule has 5 nitrogen and oxygen atoms in total. The predicted octanol–water partition coefficient (Wildman–Crippen LogP) is 4.65. The van der Waals surface area contributed by atoms with Gasteiger partial charge in [-0.15, -0.1) is 0 Å². The summed E-state index contributed by atoms with van der Waals surface area (Å²) < 4.78 is 30.4. The number of benzene rings is 3. The Morgan fingerprint density at radius 1 is 0.857 bits per heavy atom. The van der Waals surface area contributed by atoms with Crippen molar-refractivity contribution in [2.75, 3.05) is 4.72 Å². The van der Waals surface area contributed by atoms with E-state index in [1.807, 2.05) is 60.2 Å². The number of para-hydroxylation sites is 2. The summed E-state index contributed by atoms with van der Waals surface area (Å²) in [5.74, 6) is 0. The topological polar surface area (TPSA) is 64.0 Å². The van der Waals surface area contributed by atoms with Gasteiger partial charge in [-0.1, -0.05) is 54.1 Å². The molecule has 0 bridgehead atoms. The lowest BCUT2D eigenvalue weighted by Crippen LogP contribution is -2.13. The number of sulfonamides is 1. The monoisotopic (exact) mass is 389 g/mol. The summed E-state index contributed by atoms with van der Waals surface area (Å²) in [5, 5.41) is 0. The van der Waals surface area contributed by atoms with Crippen LogP contribution in [0.4, 0.5) is 5.69 Å². The van der Waals surface area contributed by atoms with Crippen LogP contribution >= 0.6 is 0 Å². The highest BCUT2D eigenvalue weighted by Crippen LogP contribution is 2.33. The van der Waals surface area contributed by atoms with Crippen LogP contribution in [-0.2, 0) is 10.0 Å². The van der Waals surface area contributed by atoms with Crippen molar-refractivity contribution in [1.82, 2.24) is 9.55 Å². The third-order valence-corrected chi connectivity index (χ3v) is 5.86. The van der Waals surface area contributed by atoms with Gasteiger partial charge in [0.1, 0.15) is 0 Å². The Bertz CT molecular complexity index is 1200. The molecule has 0 aliphatic heterocycles. The van der Waals surface area contributed by atoms with Crippen LogP contribution in [0.25, 0.3) is 16.8 Å². The number of aromatic nitrogens is 2. The summed E-state index contributed by atoms with van der Waals surface area (Å²) in [7, 11) is -3.70. The Hall–Kier alpha value is -3.38. The minimum atomic E-state index is -3.70. The first-order valence-electron chi connectivity index (χ1n) is 8.81. The molecule has 0 saturated heterocycles. The molecular weight excluding hydrogens is 370 g/mol. The lowest BCUT2D eigenvalue weighted by molar-refractivity contribution is 0.601. The maximum atomic E-state index is 12.9. The number of imidazole rings is 1. The smallest absolute Gasteiger partial charge is 0.261 e. The van der Waals surface area contributed by atoms with E-state index < -0.39 is 10.0 Å². The summed E-state index contributed by atoms with van der Waals surface area (Å²) in [4.78, 5) is 4.35. The highest BCUT2D eigenvalue weighted by atomic mass is 32.2. The van der Waals surface area contributed by atoms with E-state index in [-0.39, 0.29) is 4.90 Å². The van der Waals surface area contributed by atoms with Crippen molar-refractivity contribution in [3.8, 4) is 16.8 Å². The third-order valence-electron chi connectivity index (χ3n) is 4.48. The van der Waals surface area contributed by atoms with E-state index >= 15 is 0 Å². The number of aryl methyl sites for hydroxylation is 1. The number of hydrogen-bond acceptors (Lipinski definition) is 3. The standard InChI is InChI=1S/C22H19N3O2S/c1-17-10-12-18(13-11-17)28(26,27)24-21-8-4-2-6-19(21)20-7-3-5-9-22(20)25-15-14-23-16-25/h2-16,24H,1H3. The molecule has 6 heteroatoms. The van der Waals surface area contributed by atoms with E-state index in [4.69, 9.17) is 0 Å². The molecule has 0 saturated carbocycles. The summed E-state index contributed by atoms with van der Waals surface area (Å²) in [6.07, 6.45) is 5.29. The molecule has 3 aromatic carbocycles. The van der Waals surface area contributed by atoms with Gasteiger partial charge in [0.2, 0.25) is 0 Å². The zero-order chi connectivity index (χ0) is 19.6. The van der Waals surface area contributed by atoms with Crippen molar-refractivity contribution in [2.24, 2.45) is 0 Å². The molecule has 0 atom stereocenters. The van der Waals surface area contributed by atoms with Gasteiger partial charge in [-0.3, -0.25) is 4.72 Å². The van der Waals surface area contributed by atoms with Crippen LogP contribution < -0.4 is 4.72 Å². The van der Waals surface area contributed by atoms with Crippen LogP contribution in [0.15, 0.2) is 96.4 Å². The highest BCUT2D eigenvalue weighted by molar-refractivity contribution is 7.92. The van der Waals surface area contributed by atoms with Gasteiger partial charge >= 0.3 is 0 Å². The molecule has 140 valence electrons. The number of anilines is 1. The first-order valence-corrected chi connectivity index (χ1v) is 10.3. The molecule has 0 spiro atoms. The van der Waals surface area contributed by atoms with Crippen molar-refractivity contribution < 1.29 is 8.42 Å². The van der Waals surface area contributed by atoms with Gasteiger partial charge < -0.3 is 4.57 Å².